The molecule has 3 aromatic carbocycles. The Labute approximate surface area is 211 Å². The van der Waals surface area contributed by atoms with Crippen molar-refractivity contribution in [1.29, 1.82) is 0 Å². The topological polar surface area (TPSA) is 49.4 Å². The van der Waals surface area contributed by atoms with Gasteiger partial charge in [-0.15, -0.1) is 0 Å². The number of benzene rings is 3. The minimum Gasteiger partial charge on any atom is -0.352 e. The summed E-state index contributed by atoms with van der Waals surface area (Å²) in [6.45, 7) is 1.42. The van der Waals surface area contributed by atoms with Crippen LogP contribution >= 0.6 is 11.6 Å². The van der Waals surface area contributed by atoms with Gasteiger partial charge < -0.3 is 10.2 Å². The largest absolute Gasteiger partial charge is 0.352 e. The van der Waals surface area contributed by atoms with E-state index >= 15 is 0 Å². The van der Waals surface area contributed by atoms with Crippen molar-refractivity contribution in [2.75, 3.05) is 13.1 Å². The number of amides is 2. The number of halogens is 2. The normalized spacial score (nSPS) is 15.0. The zero-order valence-electron chi connectivity index (χ0n) is 19.7. The average molecular weight is 493 g/mol. The van der Waals surface area contributed by atoms with Crippen LogP contribution in [0.2, 0.25) is 5.02 Å². The maximum Gasteiger partial charge on any atom is 0.226 e. The van der Waals surface area contributed by atoms with Gasteiger partial charge in [0.2, 0.25) is 11.8 Å². The van der Waals surface area contributed by atoms with Crippen LogP contribution in [0.15, 0.2) is 78.9 Å². The highest BCUT2D eigenvalue weighted by molar-refractivity contribution is 6.31. The van der Waals surface area contributed by atoms with Gasteiger partial charge in [-0.2, -0.15) is 0 Å². The van der Waals surface area contributed by atoms with Crippen LogP contribution in [0.25, 0.3) is 0 Å². The molecule has 0 aromatic heterocycles. The van der Waals surface area contributed by atoms with Gasteiger partial charge in [0.15, 0.2) is 0 Å². The summed E-state index contributed by atoms with van der Waals surface area (Å²) in [4.78, 5) is 28.3. The van der Waals surface area contributed by atoms with E-state index in [9.17, 15) is 14.0 Å². The summed E-state index contributed by atoms with van der Waals surface area (Å²) in [5.41, 5.74) is 2.32. The monoisotopic (exact) mass is 492 g/mol. The molecule has 0 aliphatic carbocycles. The number of likely N-dealkylation sites (tertiary alicyclic amines) is 1. The third kappa shape index (κ3) is 6.49. The van der Waals surface area contributed by atoms with Gasteiger partial charge in [0, 0.05) is 31.1 Å². The van der Waals surface area contributed by atoms with Gasteiger partial charge in [-0.05, 0) is 60.6 Å². The zero-order valence-corrected chi connectivity index (χ0v) is 20.4. The summed E-state index contributed by atoms with van der Waals surface area (Å²) >= 11 is 6.24. The molecule has 2 amide bonds. The molecule has 182 valence electrons. The first-order valence-electron chi connectivity index (χ1n) is 12.0. The van der Waals surface area contributed by atoms with E-state index < -0.39 is 5.41 Å². The standard InChI is InChI=1S/C29H30ClFN2O2/c30-26-9-5-4-8-24(26)12-15-27(34)33-18-16-29(17-19-33,20-22-6-2-1-3-7-22)28(35)32-21-23-10-13-25(31)14-11-23/h1-11,13-14H,12,15-21H2,(H,32,35). The first-order chi connectivity index (χ1) is 16.9. The van der Waals surface area contributed by atoms with E-state index in [0.717, 1.165) is 16.7 Å². The Morgan fingerprint density at radius 1 is 0.886 bits per heavy atom. The van der Waals surface area contributed by atoms with E-state index in [2.05, 4.69) is 5.32 Å². The third-order valence-corrected chi connectivity index (χ3v) is 7.24. The van der Waals surface area contributed by atoms with Gasteiger partial charge in [-0.3, -0.25) is 9.59 Å². The minimum atomic E-state index is -0.596. The lowest BCUT2D eigenvalue weighted by atomic mass is 9.72. The number of hydrogen-bond acceptors (Lipinski definition) is 2. The molecule has 1 heterocycles. The van der Waals surface area contributed by atoms with Crippen LogP contribution in [0.3, 0.4) is 0 Å². The Morgan fingerprint density at radius 2 is 1.54 bits per heavy atom. The van der Waals surface area contributed by atoms with Crippen LogP contribution in [0.4, 0.5) is 4.39 Å². The fourth-order valence-electron chi connectivity index (χ4n) is 4.73. The van der Waals surface area contributed by atoms with Crippen LogP contribution in [0, 0.1) is 11.2 Å². The Hall–Kier alpha value is -3.18. The maximum absolute atomic E-state index is 13.5. The molecule has 1 saturated heterocycles. The first-order valence-corrected chi connectivity index (χ1v) is 12.4. The lowest BCUT2D eigenvalue weighted by Gasteiger charge is -2.41. The van der Waals surface area contributed by atoms with Crippen molar-refractivity contribution >= 4 is 23.4 Å². The van der Waals surface area contributed by atoms with Gasteiger partial charge >= 0.3 is 0 Å². The van der Waals surface area contributed by atoms with Crippen LogP contribution in [-0.2, 0) is 29.0 Å². The molecule has 0 radical (unpaired) electrons. The molecular weight excluding hydrogens is 463 g/mol. The molecule has 1 aliphatic heterocycles. The Bertz CT molecular complexity index is 1140. The smallest absolute Gasteiger partial charge is 0.226 e. The highest BCUT2D eigenvalue weighted by Crippen LogP contribution is 2.36. The molecule has 1 aliphatic rings. The zero-order chi connectivity index (χ0) is 24.7. The molecular formula is C29H30ClFN2O2. The van der Waals surface area contributed by atoms with Gasteiger partial charge in [0.25, 0.3) is 0 Å². The number of piperidine rings is 1. The van der Waals surface area contributed by atoms with Crippen molar-refractivity contribution in [1.82, 2.24) is 10.2 Å². The minimum absolute atomic E-state index is 0.0196. The van der Waals surface area contributed by atoms with Crippen molar-refractivity contribution in [3.63, 3.8) is 0 Å². The molecule has 0 saturated carbocycles. The van der Waals surface area contributed by atoms with Crippen molar-refractivity contribution in [3.05, 3.63) is 106 Å². The van der Waals surface area contributed by atoms with Crippen molar-refractivity contribution in [3.8, 4) is 0 Å². The van der Waals surface area contributed by atoms with Crippen LogP contribution in [0.5, 0.6) is 0 Å². The summed E-state index contributed by atoms with van der Waals surface area (Å²) in [6, 6.07) is 23.7. The SMILES string of the molecule is O=C(CCc1ccccc1Cl)N1CCC(Cc2ccccc2)(C(=O)NCc2ccc(F)cc2)CC1. The van der Waals surface area contributed by atoms with Crippen molar-refractivity contribution in [2.45, 2.75) is 38.6 Å². The maximum atomic E-state index is 13.5. The number of nitrogens with one attached hydrogen (secondary N) is 1. The molecule has 1 N–H and O–H groups in total. The molecule has 35 heavy (non-hydrogen) atoms. The molecule has 4 rings (SSSR count). The van der Waals surface area contributed by atoms with Gasteiger partial charge in [0.1, 0.15) is 5.82 Å². The van der Waals surface area contributed by atoms with Crippen molar-refractivity contribution < 1.29 is 14.0 Å². The van der Waals surface area contributed by atoms with E-state index in [1.54, 1.807) is 12.1 Å². The van der Waals surface area contributed by atoms with Crippen LogP contribution in [0.1, 0.15) is 36.0 Å². The Morgan fingerprint density at radius 3 is 2.23 bits per heavy atom. The molecule has 1 fully saturated rings. The number of hydrogen-bond donors (Lipinski definition) is 1. The molecule has 0 spiro atoms. The fourth-order valence-corrected chi connectivity index (χ4v) is 4.96. The highest BCUT2D eigenvalue weighted by atomic mass is 35.5. The number of rotatable bonds is 8. The predicted octanol–water partition coefficient (Wildman–Crippen LogP) is 5.58. The van der Waals surface area contributed by atoms with Gasteiger partial charge in [0.05, 0.1) is 5.41 Å². The lowest BCUT2D eigenvalue weighted by molar-refractivity contribution is -0.140. The number of carbonyl (C=O) groups is 2. The molecule has 0 atom stereocenters. The molecule has 6 heteroatoms. The third-order valence-electron chi connectivity index (χ3n) is 6.87. The second-order valence-electron chi connectivity index (χ2n) is 9.22. The summed E-state index contributed by atoms with van der Waals surface area (Å²) in [7, 11) is 0. The number of carbonyl (C=O) groups excluding carboxylic acids is 2. The fraction of sp³-hybridized carbons (Fsp3) is 0.310. The highest BCUT2D eigenvalue weighted by Gasteiger charge is 2.42. The summed E-state index contributed by atoms with van der Waals surface area (Å²) in [6.07, 6.45) is 2.79. The summed E-state index contributed by atoms with van der Waals surface area (Å²) in [5, 5.41) is 3.75. The molecule has 0 unspecified atom stereocenters. The Balaban J connectivity index is 1.40. The van der Waals surface area contributed by atoms with Gasteiger partial charge in [-0.25, -0.2) is 4.39 Å². The van der Waals surface area contributed by atoms with E-state index in [1.807, 2.05) is 59.5 Å². The number of aryl methyl sites for hydroxylation is 1. The van der Waals surface area contributed by atoms with E-state index in [-0.39, 0.29) is 17.6 Å². The van der Waals surface area contributed by atoms with Gasteiger partial charge in [-0.1, -0.05) is 72.3 Å². The predicted molar refractivity (Wildman–Crippen MR) is 136 cm³/mol. The molecule has 3 aromatic rings. The van der Waals surface area contributed by atoms with E-state index in [1.165, 1.54) is 12.1 Å². The summed E-state index contributed by atoms with van der Waals surface area (Å²) in [5.74, 6) is -0.231. The molecule has 4 nitrogen and oxygen atoms in total. The quantitative estimate of drug-likeness (QED) is 0.446. The van der Waals surface area contributed by atoms with Crippen LogP contribution < -0.4 is 5.32 Å². The first kappa shape index (κ1) is 24.9. The van der Waals surface area contributed by atoms with E-state index in [0.29, 0.717) is 56.8 Å². The summed E-state index contributed by atoms with van der Waals surface area (Å²) < 4.78 is 13.2. The average Bonchev–Trinajstić information content (AvgIpc) is 2.88. The van der Waals surface area contributed by atoms with Crippen molar-refractivity contribution in [2.24, 2.45) is 5.41 Å². The molecule has 0 bridgehead atoms. The van der Waals surface area contributed by atoms with Crippen LogP contribution in [-0.4, -0.2) is 29.8 Å². The van der Waals surface area contributed by atoms with E-state index in [4.69, 9.17) is 11.6 Å². The Kier molecular flexibility index (Phi) is 8.19. The number of nitrogens with zero attached hydrogens (tertiary/aromatic N) is 1. The lowest BCUT2D eigenvalue weighted by Crippen LogP contribution is -2.51. The second kappa shape index (κ2) is 11.5. The second-order valence-corrected chi connectivity index (χ2v) is 9.63.